The van der Waals surface area contributed by atoms with Crippen molar-refractivity contribution in [1.82, 2.24) is 15.0 Å². The molecular weight excluding hydrogens is 328 g/mol. The Morgan fingerprint density at radius 3 is 2.52 bits per heavy atom. The van der Waals surface area contributed by atoms with E-state index in [4.69, 9.17) is 4.98 Å². The zero-order valence-electron chi connectivity index (χ0n) is 13.2. The highest BCUT2D eigenvalue weighted by Crippen LogP contribution is 2.34. The van der Waals surface area contributed by atoms with Gasteiger partial charge in [0.1, 0.15) is 5.82 Å². The van der Waals surface area contributed by atoms with Gasteiger partial charge >= 0.3 is 0 Å². The molecule has 2 rings (SSSR count). The lowest BCUT2D eigenvalue weighted by atomic mass is 9.91. The van der Waals surface area contributed by atoms with E-state index in [0.717, 1.165) is 33.7 Å². The van der Waals surface area contributed by atoms with Crippen LogP contribution >= 0.6 is 15.9 Å². The zero-order chi connectivity index (χ0) is 15.6. The molecule has 0 fully saturated rings. The van der Waals surface area contributed by atoms with E-state index in [0.29, 0.717) is 5.82 Å². The summed E-state index contributed by atoms with van der Waals surface area (Å²) in [5.41, 5.74) is 3.01. The second kappa shape index (κ2) is 6.10. The van der Waals surface area contributed by atoms with Gasteiger partial charge in [0.15, 0.2) is 5.82 Å². The fourth-order valence-electron chi connectivity index (χ4n) is 2.05. The van der Waals surface area contributed by atoms with Gasteiger partial charge < -0.3 is 5.32 Å². The summed E-state index contributed by atoms with van der Waals surface area (Å²) < 4.78 is 0.933. The fraction of sp³-hybridized carbons (Fsp3) is 0.438. The molecule has 21 heavy (non-hydrogen) atoms. The number of nitrogens with one attached hydrogen (secondary N) is 1. The van der Waals surface area contributed by atoms with Crippen molar-refractivity contribution in [2.45, 2.75) is 40.0 Å². The summed E-state index contributed by atoms with van der Waals surface area (Å²) >= 11 is 3.64. The van der Waals surface area contributed by atoms with E-state index in [9.17, 15) is 0 Å². The number of aromatic nitrogens is 3. The number of aryl methyl sites for hydroxylation is 1. The molecule has 0 amide bonds. The standard InChI is InChI=1S/C16H21BrN4/c1-6-19-15-12(17)13(16(3,4)5)20-14(21-15)11-9-18-8-7-10(11)2/h7-9H,6H2,1-5H3,(H,19,20,21). The second-order valence-electron chi connectivity index (χ2n) is 6.03. The van der Waals surface area contributed by atoms with Crippen LogP contribution in [0.25, 0.3) is 11.4 Å². The van der Waals surface area contributed by atoms with Crippen LogP contribution in [0.3, 0.4) is 0 Å². The average molecular weight is 349 g/mol. The molecule has 0 atom stereocenters. The van der Waals surface area contributed by atoms with Gasteiger partial charge in [0, 0.05) is 29.9 Å². The van der Waals surface area contributed by atoms with Crippen molar-refractivity contribution < 1.29 is 0 Å². The van der Waals surface area contributed by atoms with Crippen LogP contribution in [-0.4, -0.2) is 21.5 Å². The van der Waals surface area contributed by atoms with Crippen LogP contribution in [-0.2, 0) is 5.41 Å². The maximum Gasteiger partial charge on any atom is 0.163 e. The molecule has 2 aromatic heterocycles. The Labute approximate surface area is 134 Å². The third-order valence-electron chi connectivity index (χ3n) is 3.19. The Kier molecular flexibility index (Phi) is 4.61. The minimum atomic E-state index is -0.0726. The Morgan fingerprint density at radius 1 is 1.24 bits per heavy atom. The van der Waals surface area contributed by atoms with Crippen LogP contribution in [0.4, 0.5) is 5.82 Å². The molecule has 112 valence electrons. The lowest BCUT2D eigenvalue weighted by molar-refractivity contribution is 0.564. The van der Waals surface area contributed by atoms with Gasteiger partial charge in [-0.15, -0.1) is 0 Å². The molecule has 0 aliphatic carbocycles. The molecular formula is C16H21BrN4. The Balaban J connectivity index is 2.68. The molecule has 2 heterocycles. The lowest BCUT2D eigenvalue weighted by Gasteiger charge is -2.22. The summed E-state index contributed by atoms with van der Waals surface area (Å²) in [4.78, 5) is 13.6. The van der Waals surface area contributed by atoms with E-state index in [1.807, 2.05) is 19.2 Å². The molecule has 0 aliphatic heterocycles. The molecule has 4 nitrogen and oxygen atoms in total. The summed E-state index contributed by atoms with van der Waals surface area (Å²) in [5.74, 6) is 1.54. The average Bonchev–Trinajstić information content (AvgIpc) is 2.41. The van der Waals surface area contributed by atoms with Crippen LogP contribution in [0, 0.1) is 6.92 Å². The maximum atomic E-state index is 4.78. The van der Waals surface area contributed by atoms with E-state index >= 15 is 0 Å². The van der Waals surface area contributed by atoms with Gasteiger partial charge in [-0.25, -0.2) is 9.97 Å². The molecule has 0 saturated carbocycles. The number of hydrogen-bond donors (Lipinski definition) is 1. The van der Waals surface area contributed by atoms with Gasteiger partial charge in [-0.05, 0) is 41.4 Å². The van der Waals surface area contributed by atoms with Crippen molar-refractivity contribution >= 4 is 21.7 Å². The first-order valence-corrected chi connectivity index (χ1v) is 7.86. The molecule has 0 radical (unpaired) electrons. The molecule has 0 spiro atoms. The normalized spacial score (nSPS) is 11.5. The van der Waals surface area contributed by atoms with Crippen molar-refractivity contribution in [2.24, 2.45) is 0 Å². The van der Waals surface area contributed by atoms with E-state index in [2.05, 4.69) is 58.9 Å². The minimum absolute atomic E-state index is 0.0726. The van der Waals surface area contributed by atoms with Crippen LogP contribution < -0.4 is 5.32 Å². The monoisotopic (exact) mass is 348 g/mol. The largest absolute Gasteiger partial charge is 0.369 e. The van der Waals surface area contributed by atoms with Gasteiger partial charge in [-0.3, -0.25) is 4.98 Å². The van der Waals surface area contributed by atoms with Gasteiger partial charge in [0.2, 0.25) is 0 Å². The van der Waals surface area contributed by atoms with E-state index in [-0.39, 0.29) is 5.41 Å². The first-order valence-electron chi connectivity index (χ1n) is 7.07. The molecule has 0 aliphatic rings. The molecule has 0 saturated heterocycles. The molecule has 0 aromatic carbocycles. The van der Waals surface area contributed by atoms with Crippen LogP contribution in [0.2, 0.25) is 0 Å². The fourth-order valence-corrected chi connectivity index (χ4v) is 2.96. The lowest BCUT2D eigenvalue weighted by Crippen LogP contribution is -2.17. The SMILES string of the molecule is CCNc1nc(-c2cnccc2C)nc(C(C)(C)C)c1Br. The van der Waals surface area contributed by atoms with E-state index < -0.39 is 0 Å². The summed E-state index contributed by atoms with van der Waals surface area (Å²) in [7, 11) is 0. The van der Waals surface area contributed by atoms with Crippen molar-refractivity contribution in [3.05, 3.63) is 34.2 Å². The number of hydrogen-bond acceptors (Lipinski definition) is 4. The smallest absolute Gasteiger partial charge is 0.163 e. The van der Waals surface area contributed by atoms with Gasteiger partial charge in [0.05, 0.1) is 10.2 Å². The highest BCUT2D eigenvalue weighted by molar-refractivity contribution is 9.10. The summed E-state index contributed by atoms with van der Waals surface area (Å²) in [6.07, 6.45) is 3.61. The Hall–Kier alpha value is -1.49. The first-order chi connectivity index (χ1) is 9.84. The number of anilines is 1. The summed E-state index contributed by atoms with van der Waals surface area (Å²) in [6.45, 7) is 11.4. The second-order valence-corrected chi connectivity index (χ2v) is 6.82. The topological polar surface area (TPSA) is 50.7 Å². The molecule has 0 unspecified atom stereocenters. The predicted octanol–water partition coefficient (Wildman–Crippen LogP) is 4.34. The number of nitrogens with zero attached hydrogens (tertiary/aromatic N) is 3. The number of rotatable bonds is 3. The van der Waals surface area contributed by atoms with Gasteiger partial charge in [-0.2, -0.15) is 0 Å². The van der Waals surface area contributed by atoms with Crippen LogP contribution in [0.15, 0.2) is 22.9 Å². The third-order valence-corrected chi connectivity index (χ3v) is 3.94. The third kappa shape index (κ3) is 3.40. The molecule has 1 N–H and O–H groups in total. The van der Waals surface area contributed by atoms with E-state index in [1.54, 1.807) is 6.20 Å². The predicted molar refractivity (Wildman–Crippen MR) is 90.6 cm³/mol. The number of halogens is 1. The van der Waals surface area contributed by atoms with Crippen molar-refractivity contribution in [2.75, 3.05) is 11.9 Å². The highest BCUT2D eigenvalue weighted by Gasteiger charge is 2.23. The van der Waals surface area contributed by atoms with E-state index in [1.165, 1.54) is 0 Å². The first kappa shape index (κ1) is 15.9. The van der Waals surface area contributed by atoms with Crippen molar-refractivity contribution in [1.29, 1.82) is 0 Å². The number of pyridine rings is 1. The zero-order valence-corrected chi connectivity index (χ0v) is 14.7. The Bertz CT molecular complexity index is 647. The summed E-state index contributed by atoms with van der Waals surface area (Å²) in [6, 6.07) is 1.98. The van der Waals surface area contributed by atoms with Crippen LogP contribution in [0.5, 0.6) is 0 Å². The summed E-state index contributed by atoms with van der Waals surface area (Å²) in [5, 5.41) is 3.30. The molecule has 0 bridgehead atoms. The minimum Gasteiger partial charge on any atom is -0.369 e. The van der Waals surface area contributed by atoms with Gasteiger partial charge in [0.25, 0.3) is 0 Å². The van der Waals surface area contributed by atoms with Gasteiger partial charge in [-0.1, -0.05) is 20.8 Å². The van der Waals surface area contributed by atoms with Crippen molar-refractivity contribution in [3.8, 4) is 11.4 Å². The quantitative estimate of drug-likeness (QED) is 0.896. The maximum absolute atomic E-state index is 4.78. The van der Waals surface area contributed by atoms with Crippen molar-refractivity contribution in [3.63, 3.8) is 0 Å². The molecule has 2 aromatic rings. The van der Waals surface area contributed by atoms with Crippen LogP contribution in [0.1, 0.15) is 39.0 Å². The Morgan fingerprint density at radius 2 is 1.95 bits per heavy atom. The molecule has 5 heteroatoms. The highest BCUT2D eigenvalue weighted by atomic mass is 79.9.